The minimum absolute atomic E-state index is 0.0590. The molecule has 2 nitrogen and oxygen atoms in total. The van der Waals surface area contributed by atoms with Gasteiger partial charge in [0.25, 0.3) is 0 Å². The molecule has 4 aromatic carbocycles. The number of hydrogen-bond donors (Lipinski definition) is 0. The Kier molecular flexibility index (Phi) is 4.71. The van der Waals surface area contributed by atoms with Crippen molar-refractivity contribution in [2.75, 3.05) is 6.61 Å². The Morgan fingerprint density at radius 2 is 1.52 bits per heavy atom. The fraction of sp³-hybridized carbons (Fsp3) is 0.0800. The normalized spacial score (nSPS) is 11.3. The van der Waals surface area contributed by atoms with E-state index in [9.17, 15) is 4.79 Å². The number of rotatable bonds is 5. The van der Waals surface area contributed by atoms with Crippen LogP contribution < -0.4 is 4.74 Å². The third-order valence-corrected chi connectivity index (χ3v) is 4.67. The van der Waals surface area contributed by atoms with Crippen LogP contribution in [0.4, 0.5) is 0 Å². The van der Waals surface area contributed by atoms with Gasteiger partial charge in [-0.3, -0.25) is 4.79 Å². The lowest BCUT2D eigenvalue weighted by Crippen LogP contribution is -2.01. The molecule has 0 bridgehead atoms. The number of allylic oxidation sites excluding steroid dienone is 1. The van der Waals surface area contributed by atoms with Crippen molar-refractivity contribution in [3.63, 3.8) is 0 Å². The largest absolute Gasteiger partial charge is 0.493 e. The fourth-order valence-electron chi connectivity index (χ4n) is 3.43. The number of carbonyl (C=O) groups is 1. The number of hydrogen-bond acceptors (Lipinski definition) is 2. The lowest BCUT2D eigenvalue weighted by molar-refractivity contribution is 0.104. The number of carbonyl (C=O) groups excluding carboxylic acids is 1. The van der Waals surface area contributed by atoms with Gasteiger partial charge in [-0.05, 0) is 58.3 Å². The van der Waals surface area contributed by atoms with Crippen LogP contribution in [0.2, 0.25) is 0 Å². The molecule has 27 heavy (non-hydrogen) atoms. The molecule has 132 valence electrons. The van der Waals surface area contributed by atoms with E-state index in [1.807, 2.05) is 49.4 Å². The van der Waals surface area contributed by atoms with Crippen LogP contribution in [-0.2, 0) is 0 Å². The highest BCUT2D eigenvalue weighted by Crippen LogP contribution is 2.29. The standard InChI is InChI=1S/C25H20O2/c1-2-27-25-14-8-7-13-23(25)24(26)16-15-19-17-18-9-3-4-10-20(18)22-12-6-5-11-21(19)22/h3-17H,2H2,1H3/b16-15+. The summed E-state index contributed by atoms with van der Waals surface area (Å²) in [5, 5.41) is 4.71. The zero-order valence-electron chi connectivity index (χ0n) is 15.2. The first kappa shape index (κ1) is 17.0. The highest BCUT2D eigenvalue weighted by atomic mass is 16.5. The Morgan fingerprint density at radius 3 is 2.33 bits per heavy atom. The van der Waals surface area contributed by atoms with E-state index in [4.69, 9.17) is 4.74 Å². The summed E-state index contributed by atoms with van der Waals surface area (Å²) in [5.74, 6) is 0.564. The first-order valence-electron chi connectivity index (χ1n) is 9.12. The average Bonchev–Trinajstić information content (AvgIpc) is 2.72. The molecule has 0 aromatic heterocycles. The summed E-state index contributed by atoms with van der Waals surface area (Å²) >= 11 is 0. The summed E-state index contributed by atoms with van der Waals surface area (Å²) in [6.45, 7) is 2.45. The summed E-state index contributed by atoms with van der Waals surface area (Å²) in [6.07, 6.45) is 3.54. The van der Waals surface area contributed by atoms with Gasteiger partial charge in [0, 0.05) is 0 Å². The molecular weight excluding hydrogens is 332 g/mol. The molecule has 0 saturated carbocycles. The zero-order valence-corrected chi connectivity index (χ0v) is 15.2. The molecule has 0 aliphatic carbocycles. The average molecular weight is 352 g/mol. The smallest absolute Gasteiger partial charge is 0.189 e. The van der Waals surface area contributed by atoms with Crippen molar-refractivity contribution < 1.29 is 9.53 Å². The van der Waals surface area contributed by atoms with Crippen LogP contribution in [0.15, 0.2) is 84.9 Å². The third kappa shape index (κ3) is 3.34. The molecule has 4 aromatic rings. The van der Waals surface area contributed by atoms with E-state index in [0.717, 1.165) is 16.3 Å². The van der Waals surface area contributed by atoms with Gasteiger partial charge in [0.15, 0.2) is 5.78 Å². The molecule has 0 aliphatic rings. The maximum Gasteiger partial charge on any atom is 0.189 e. The van der Waals surface area contributed by atoms with Crippen LogP contribution >= 0.6 is 0 Å². The predicted octanol–water partition coefficient (Wildman–Crippen LogP) is 6.29. The predicted molar refractivity (Wildman–Crippen MR) is 112 cm³/mol. The van der Waals surface area contributed by atoms with Gasteiger partial charge >= 0.3 is 0 Å². The summed E-state index contributed by atoms with van der Waals surface area (Å²) in [6, 6.07) is 26.1. The van der Waals surface area contributed by atoms with Crippen molar-refractivity contribution in [1.82, 2.24) is 0 Å². The van der Waals surface area contributed by atoms with E-state index >= 15 is 0 Å². The van der Waals surface area contributed by atoms with Gasteiger partial charge in [0.05, 0.1) is 12.2 Å². The fourth-order valence-corrected chi connectivity index (χ4v) is 3.43. The van der Waals surface area contributed by atoms with Gasteiger partial charge in [0.1, 0.15) is 5.75 Å². The van der Waals surface area contributed by atoms with E-state index in [-0.39, 0.29) is 5.78 Å². The summed E-state index contributed by atoms with van der Waals surface area (Å²) in [7, 11) is 0. The number of para-hydroxylation sites is 1. The summed E-state index contributed by atoms with van der Waals surface area (Å²) in [4.78, 5) is 12.7. The molecule has 4 rings (SSSR count). The number of ketones is 1. The maximum absolute atomic E-state index is 12.7. The second-order valence-electron chi connectivity index (χ2n) is 6.36. The second-order valence-corrected chi connectivity index (χ2v) is 6.36. The molecule has 0 aliphatic heterocycles. The maximum atomic E-state index is 12.7. The molecular formula is C25H20O2. The van der Waals surface area contributed by atoms with Crippen LogP contribution in [0.3, 0.4) is 0 Å². The molecule has 0 heterocycles. The van der Waals surface area contributed by atoms with Gasteiger partial charge in [-0.2, -0.15) is 0 Å². The Bertz CT molecular complexity index is 1160. The molecule has 0 spiro atoms. The van der Waals surface area contributed by atoms with Crippen LogP contribution in [0.25, 0.3) is 27.6 Å². The van der Waals surface area contributed by atoms with Crippen molar-refractivity contribution >= 4 is 33.4 Å². The molecule has 0 unspecified atom stereocenters. The van der Waals surface area contributed by atoms with Crippen LogP contribution in [0, 0.1) is 0 Å². The van der Waals surface area contributed by atoms with E-state index in [1.54, 1.807) is 12.1 Å². The van der Waals surface area contributed by atoms with Crippen LogP contribution in [0.5, 0.6) is 5.75 Å². The Hall–Kier alpha value is -3.39. The SMILES string of the molecule is CCOc1ccccc1C(=O)/C=C/c1cc2ccccc2c2ccccc12. The minimum Gasteiger partial charge on any atom is -0.493 e. The molecule has 0 saturated heterocycles. The Morgan fingerprint density at radius 1 is 0.852 bits per heavy atom. The van der Waals surface area contributed by atoms with Crippen molar-refractivity contribution in [1.29, 1.82) is 0 Å². The highest BCUT2D eigenvalue weighted by Gasteiger charge is 2.10. The molecule has 0 amide bonds. The number of ether oxygens (including phenoxy) is 1. The van der Waals surface area contributed by atoms with Gasteiger partial charge in [-0.25, -0.2) is 0 Å². The van der Waals surface area contributed by atoms with Crippen molar-refractivity contribution in [3.05, 3.63) is 96.1 Å². The molecule has 2 heteroatoms. The van der Waals surface area contributed by atoms with Crippen molar-refractivity contribution in [3.8, 4) is 5.75 Å². The molecule has 0 N–H and O–H groups in total. The lowest BCUT2D eigenvalue weighted by atomic mass is 9.96. The molecule has 0 fully saturated rings. The quantitative estimate of drug-likeness (QED) is 0.240. The topological polar surface area (TPSA) is 26.3 Å². The first-order valence-corrected chi connectivity index (χ1v) is 9.12. The Labute approximate surface area is 158 Å². The van der Waals surface area contributed by atoms with Crippen molar-refractivity contribution in [2.24, 2.45) is 0 Å². The van der Waals surface area contributed by atoms with Crippen LogP contribution in [0.1, 0.15) is 22.8 Å². The Balaban J connectivity index is 1.78. The summed E-state index contributed by atoms with van der Waals surface area (Å²) < 4.78 is 5.58. The summed E-state index contributed by atoms with van der Waals surface area (Å²) in [5.41, 5.74) is 1.62. The first-order chi connectivity index (χ1) is 13.3. The van der Waals surface area contributed by atoms with Gasteiger partial charge in [-0.15, -0.1) is 0 Å². The molecule has 0 radical (unpaired) electrons. The van der Waals surface area contributed by atoms with Gasteiger partial charge in [0.2, 0.25) is 0 Å². The number of benzene rings is 4. The third-order valence-electron chi connectivity index (χ3n) is 4.67. The van der Waals surface area contributed by atoms with E-state index < -0.39 is 0 Å². The van der Waals surface area contributed by atoms with Crippen LogP contribution in [-0.4, -0.2) is 12.4 Å². The van der Waals surface area contributed by atoms with E-state index in [2.05, 4.69) is 36.4 Å². The van der Waals surface area contributed by atoms with E-state index in [1.165, 1.54) is 10.8 Å². The molecule has 0 atom stereocenters. The zero-order chi connectivity index (χ0) is 18.6. The second kappa shape index (κ2) is 7.46. The van der Waals surface area contributed by atoms with E-state index in [0.29, 0.717) is 17.9 Å². The number of fused-ring (bicyclic) bond motifs is 3. The van der Waals surface area contributed by atoms with Gasteiger partial charge in [-0.1, -0.05) is 66.7 Å². The monoisotopic (exact) mass is 352 g/mol. The van der Waals surface area contributed by atoms with Gasteiger partial charge < -0.3 is 4.74 Å². The highest BCUT2D eigenvalue weighted by molar-refractivity contribution is 6.13. The lowest BCUT2D eigenvalue weighted by Gasteiger charge is -2.08. The van der Waals surface area contributed by atoms with Crippen molar-refractivity contribution in [2.45, 2.75) is 6.92 Å². The minimum atomic E-state index is -0.0590.